The number of para-hydroxylation sites is 1. The molecule has 0 heterocycles. The van der Waals surface area contributed by atoms with E-state index in [0.29, 0.717) is 17.8 Å². The third kappa shape index (κ3) is 16.0. The van der Waals surface area contributed by atoms with Crippen molar-refractivity contribution in [3.05, 3.63) is 42.0 Å². The third-order valence-corrected chi connectivity index (χ3v) is 6.71. The Labute approximate surface area is 210 Å². The van der Waals surface area contributed by atoms with Gasteiger partial charge in [-0.3, -0.25) is 0 Å². The summed E-state index contributed by atoms with van der Waals surface area (Å²) >= 11 is 0. The topological polar surface area (TPSA) is 46.5 Å². The molecule has 0 aliphatic heterocycles. The normalized spacial score (nSPS) is 11.9. The number of benzene rings is 1. The van der Waals surface area contributed by atoms with Gasteiger partial charge in [-0.1, -0.05) is 109 Å². The van der Waals surface area contributed by atoms with Gasteiger partial charge in [0, 0.05) is 0 Å². The fourth-order valence-electron chi connectivity index (χ4n) is 4.63. The second-order valence-corrected chi connectivity index (χ2v) is 10.6. The number of hydrogen-bond acceptors (Lipinski definition) is 2. The van der Waals surface area contributed by atoms with Gasteiger partial charge >= 0.3 is 5.97 Å². The van der Waals surface area contributed by atoms with E-state index in [1.54, 1.807) is 18.2 Å². The molecule has 1 aromatic carbocycles. The second-order valence-electron chi connectivity index (χ2n) is 10.6. The van der Waals surface area contributed by atoms with Crippen molar-refractivity contribution in [1.29, 1.82) is 0 Å². The standard InChI is InChI=1S/C31H52O3/c1-4-25-31(2,3)26-21-17-15-13-11-9-7-5-6-8-10-12-14-16-18-22-27-34-29-24-20-19-23-28(29)30(32)33/h5-6,19-20,23-24H,4,7-18,21-22,25-27H2,1-3H3,(H,32,33)/b6-5-. The molecule has 1 rings (SSSR count). The Balaban J connectivity index is 1.84. The summed E-state index contributed by atoms with van der Waals surface area (Å²) in [7, 11) is 0. The van der Waals surface area contributed by atoms with Crippen molar-refractivity contribution in [3.8, 4) is 5.75 Å². The zero-order valence-electron chi connectivity index (χ0n) is 22.5. The lowest BCUT2D eigenvalue weighted by molar-refractivity contribution is 0.0692. The number of rotatable bonds is 22. The molecule has 0 amide bonds. The van der Waals surface area contributed by atoms with E-state index >= 15 is 0 Å². The number of allylic oxidation sites excluding steroid dienone is 2. The van der Waals surface area contributed by atoms with Crippen LogP contribution in [0.25, 0.3) is 0 Å². The molecule has 0 atom stereocenters. The third-order valence-electron chi connectivity index (χ3n) is 6.71. The molecule has 0 spiro atoms. The monoisotopic (exact) mass is 472 g/mol. The first kappa shape index (κ1) is 30.3. The molecule has 3 nitrogen and oxygen atoms in total. The summed E-state index contributed by atoms with van der Waals surface area (Å²) in [6.45, 7) is 7.73. The van der Waals surface area contributed by atoms with E-state index in [1.165, 1.54) is 96.3 Å². The molecule has 0 fully saturated rings. The Bertz CT molecular complexity index is 662. The Kier molecular flexibility index (Phi) is 17.4. The molecule has 0 bridgehead atoms. The minimum Gasteiger partial charge on any atom is -0.493 e. The Hall–Kier alpha value is -1.77. The second kappa shape index (κ2) is 19.5. The van der Waals surface area contributed by atoms with Crippen LogP contribution in [0.4, 0.5) is 0 Å². The Morgan fingerprint density at radius 3 is 1.91 bits per heavy atom. The van der Waals surface area contributed by atoms with E-state index in [2.05, 4.69) is 32.9 Å². The van der Waals surface area contributed by atoms with E-state index in [-0.39, 0.29) is 5.56 Å². The molecule has 0 radical (unpaired) electrons. The number of aromatic carboxylic acids is 1. The molecule has 0 aliphatic rings. The highest BCUT2D eigenvalue weighted by Gasteiger charge is 2.15. The molecule has 34 heavy (non-hydrogen) atoms. The lowest BCUT2D eigenvalue weighted by atomic mass is 9.83. The molecule has 0 saturated carbocycles. The highest BCUT2D eigenvalue weighted by molar-refractivity contribution is 5.90. The summed E-state index contributed by atoms with van der Waals surface area (Å²) in [4.78, 5) is 11.2. The maximum absolute atomic E-state index is 11.2. The summed E-state index contributed by atoms with van der Waals surface area (Å²) in [6.07, 6.45) is 26.8. The zero-order chi connectivity index (χ0) is 24.9. The molecule has 0 aliphatic carbocycles. The van der Waals surface area contributed by atoms with Gasteiger partial charge in [-0.2, -0.15) is 0 Å². The molecule has 1 aromatic rings. The number of unbranched alkanes of at least 4 members (excludes halogenated alkanes) is 12. The van der Waals surface area contributed by atoms with E-state index in [9.17, 15) is 4.79 Å². The Morgan fingerprint density at radius 2 is 1.32 bits per heavy atom. The van der Waals surface area contributed by atoms with Gasteiger partial charge in [-0.05, 0) is 62.5 Å². The number of carboxylic acid groups (broad SMARTS) is 1. The van der Waals surface area contributed by atoms with Crippen molar-refractivity contribution in [2.75, 3.05) is 6.61 Å². The van der Waals surface area contributed by atoms with Gasteiger partial charge in [-0.15, -0.1) is 0 Å². The van der Waals surface area contributed by atoms with Gasteiger partial charge in [-0.25, -0.2) is 4.79 Å². The van der Waals surface area contributed by atoms with Crippen LogP contribution in [-0.2, 0) is 0 Å². The van der Waals surface area contributed by atoms with Crippen LogP contribution in [0.5, 0.6) is 5.75 Å². The van der Waals surface area contributed by atoms with Gasteiger partial charge in [0.1, 0.15) is 11.3 Å². The quantitative estimate of drug-likeness (QED) is 0.135. The average Bonchev–Trinajstić information content (AvgIpc) is 2.80. The van der Waals surface area contributed by atoms with Crippen LogP contribution in [0.1, 0.15) is 140 Å². The van der Waals surface area contributed by atoms with E-state index in [0.717, 1.165) is 12.8 Å². The lowest BCUT2D eigenvalue weighted by Gasteiger charge is -2.23. The number of ether oxygens (including phenoxy) is 1. The van der Waals surface area contributed by atoms with Gasteiger partial charge < -0.3 is 9.84 Å². The van der Waals surface area contributed by atoms with Crippen LogP contribution < -0.4 is 4.74 Å². The molecular formula is C31H52O3. The number of hydrogen-bond donors (Lipinski definition) is 1. The van der Waals surface area contributed by atoms with E-state index < -0.39 is 5.97 Å². The highest BCUT2D eigenvalue weighted by Crippen LogP contribution is 2.29. The van der Waals surface area contributed by atoms with Crippen LogP contribution >= 0.6 is 0 Å². The summed E-state index contributed by atoms with van der Waals surface area (Å²) in [5.41, 5.74) is 0.792. The molecule has 3 heteroatoms. The number of carbonyl (C=O) groups is 1. The molecule has 1 N–H and O–H groups in total. The molecule has 0 aromatic heterocycles. The smallest absolute Gasteiger partial charge is 0.339 e. The number of carboxylic acids is 1. The van der Waals surface area contributed by atoms with Gasteiger partial charge in [0.15, 0.2) is 0 Å². The van der Waals surface area contributed by atoms with E-state index in [4.69, 9.17) is 9.84 Å². The molecule has 0 unspecified atom stereocenters. The molecular weight excluding hydrogens is 420 g/mol. The zero-order valence-corrected chi connectivity index (χ0v) is 22.5. The fraction of sp³-hybridized carbons (Fsp3) is 0.710. The molecule has 194 valence electrons. The minimum absolute atomic E-state index is 0.243. The van der Waals surface area contributed by atoms with Gasteiger partial charge in [0.2, 0.25) is 0 Å². The van der Waals surface area contributed by atoms with Crippen molar-refractivity contribution in [1.82, 2.24) is 0 Å². The van der Waals surface area contributed by atoms with Gasteiger partial charge in [0.25, 0.3) is 0 Å². The van der Waals surface area contributed by atoms with Crippen LogP contribution in [0, 0.1) is 5.41 Å². The average molecular weight is 473 g/mol. The summed E-state index contributed by atoms with van der Waals surface area (Å²) in [6, 6.07) is 6.86. The summed E-state index contributed by atoms with van der Waals surface area (Å²) in [5, 5.41) is 9.17. The SMILES string of the molecule is CCCC(C)(C)CCCCCCCC/C=C\CCCCCCCCOc1ccccc1C(=O)O. The maximum atomic E-state index is 11.2. The highest BCUT2D eigenvalue weighted by atomic mass is 16.5. The van der Waals surface area contributed by atoms with Crippen molar-refractivity contribution >= 4 is 5.97 Å². The largest absolute Gasteiger partial charge is 0.493 e. The fourth-order valence-corrected chi connectivity index (χ4v) is 4.63. The van der Waals surface area contributed by atoms with Crippen LogP contribution in [0.2, 0.25) is 0 Å². The summed E-state index contributed by atoms with van der Waals surface area (Å²) in [5.74, 6) is -0.457. The maximum Gasteiger partial charge on any atom is 0.339 e. The van der Waals surface area contributed by atoms with Crippen LogP contribution in [-0.4, -0.2) is 17.7 Å². The predicted molar refractivity (Wildman–Crippen MR) is 146 cm³/mol. The first-order valence-corrected chi connectivity index (χ1v) is 14.1. The van der Waals surface area contributed by atoms with Crippen molar-refractivity contribution < 1.29 is 14.6 Å². The van der Waals surface area contributed by atoms with Crippen molar-refractivity contribution in [3.63, 3.8) is 0 Å². The van der Waals surface area contributed by atoms with Crippen LogP contribution in [0.3, 0.4) is 0 Å². The van der Waals surface area contributed by atoms with Crippen molar-refractivity contribution in [2.24, 2.45) is 5.41 Å². The van der Waals surface area contributed by atoms with Crippen LogP contribution in [0.15, 0.2) is 36.4 Å². The first-order chi connectivity index (χ1) is 16.5. The summed E-state index contributed by atoms with van der Waals surface area (Å²) < 4.78 is 5.65. The van der Waals surface area contributed by atoms with Crippen molar-refractivity contribution in [2.45, 2.75) is 130 Å². The lowest BCUT2D eigenvalue weighted by Crippen LogP contribution is -2.10. The Morgan fingerprint density at radius 1 is 0.794 bits per heavy atom. The van der Waals surface area contributed by atoms with Gasteiger partial charge in [0.05, 0.1) is 6.61 Å². The minimum atomic E-state index is -0.933. The van der Waals surface area contributed by atoms with E-state index in [1.807, 2.05) is 6.07 Å². The molecule has 0 saturated heterocycles. The predicted octanol–water partition coefficient (Wildman–Crippen LogP) is 10.00. The first-order valence-electron chi connectivity index (χ1n) is 14.1.